The van der Waals surface area contributed by atoms with Crippen LogP contribution in [0.4, 0.5) is 0 Å². The largest absolute Gasteiger partial charge is 0.466 e. The molecule has 0 aromatic heterocycles. The number of esters is 1. The van der Waals surface area contributed by atoms with E-state index in [9.17, 15) is 4.79 Å². The zero-order chi connectivity index (χ0) is 16.6. The first kappa shape index (κ1) is 21.8. The molecule has 6 nitrogen and oxygen atoms in total. The van der Waals surface area contributed by atoms with Crippen LogP contribution >= 0.6 is 15.9 Å². The second-order valence-electron chi connectivity index (χ2n) is 4.92. The van der Waals surface area contributed by atoms with Gasteiger partial charge in [0, 0.05) is 39.0 Å². The SMILES string of the molecule is COC(CCC(=O)OCCC(CCBr)OCCCCN)OC. The van der Waals surface area contributed by atoms with Crippen LogP contribution in [0.1, 0.15) is 38.5 Å². The fourth-order valence-corrected chi connectivity index (χ4v) is 2.38. The summed E-state index contributed by atoms with van der Waals surface area (Å²) in [6, 6.07) is 0. The number of methoxy groups -OCH3 is 2. The number of carbonyl (C=O) groups excluding carboxylic acids is 1. The average molecular weight is 384 g/mol. The van der Waals surface area contributed by atoms with Crippen molar-refractivity contribution in [1.29, 1.82) is 0 Å². The molecule has 0 bridgehead atoms. The molecule has 0 rings (SSSR count). The van der Waals surface area contributed by atoms with E-state index in [4.69, 9.17) is 24.7 Å². The van der Waals surface area contributed by atoms with Crippen molar-refractivity contribution in [2.24, 2.45) is 5.73 Å². The van der Waals surface area contributed by atoms with Crippen LogP contribution in [0.25, 0.3) is 0 Å². The Morgan fingerprint density at radius 1 is 1.09 bits per heavy atom. The second kappa shape index (κ2) is 15.7. The standard InChI is InChI=1S/C15H30BrNO5/c1-19-15(20-2)6-5-14(18)22-12-8-13(7-9-16)21-11-4-3-10-17/h13,15H,3-12,17H2,1-2H3. The van der Waals surface area contributed by atoms with Crippen LogP contribution in [-0.4, -0.2) is 57.7 Å². The van der Waals surface area contributed by atoms with Gasteiger partial charge in [0.05, 0.1) is 19.1 Å². The molecule has 0 amide bonds. The Hall–Kier alpha value is -0.210. The van der Waals surface area contributed by atoms with Gasteiger partial charge >= 0.3 is 5.97 Å². The van der Waals surface area contributed by atoms with E-state index in [0.717, 1.165) is 24.6 Å². The van der Waals surface area contributed by atoms with E-state index in [1.807, 2.05) is 0 Å². The van der Waals surface area contributed by atoms with Crippen LogP contribution in [0.15, 0.2) is 0 Å². The lowest BCUT2D eigenvalue weighted by Crippen LogP contribution is -2.20. The van der Waals surface area contributed by atoms with Crippen LogP contribution in [0, 0.1) is 0 Å². The summed E-state index contributed by atoms with van der Waals surface area (Å²) in [5.41, 5.74) is 5.45. The molecule has 0 aromatic rings. The average Bonchev–Trinajstić information content (AvgIpc) is 2.52. The molecule has 0 saturated heterocycles. The van der Waals surface area contributed by atoms with Crippen molar-refractivity contribution in [1.82, 2.24) is 0 Å². The normalized spacial score (nSPS) is 12.6. The lowest BCUT2D eigenvalue weighted by molar-refractivity contribution is -0.149. The molecule has 0 aliphatic carbocycles. The molecule has 1 unspecified atom stereocenters. The summed E-state index contributed by atoms with van der Waals surface area (Å²) in [4.78, 5) is 11.6. The highest BCUT2D eigenvalue weighted by molar-refractivity contribution is 9.09. The summed E-state index contributed by atoms with van der Waals surface area (Å²) in [5, 5.41) is 0.867. The van der Waals surface area contributed by atoms with Crippen LogP contribution in [0.3, 0.4) is 0 Å². The predicted octanol–water partition coefficient (Wildman–Crippen LogP) is 2.23. The molecule has 2 N–H and O–H groups in total. The molecular weight excluding hydrogens is 354 g/mol. The Balaban J connectivity index is 3.78. The molecule has 0 aromatic carbocycles. The van der Waals surface area contributed by atoms with E-state index in [2.05, 4.69) is 15.9 Å². The van der Waals surface area contributed by atoms with E-state index < -0.39 is 0 Å². The minimum atomic E-state index is -0.362. The van der Waals surface area contributed by atoms with E-state index in [1.165, 1.54) is 0 Å². The highest BCUT2D eigenvalue weighted by atomic mass is 79.9. The van der Waals surface area contributed by atoms with E-state index >= 15 is 0 Å². The van der Waals surface area contributed by atoms with Crippen molar-refractivity contribution in [3.63, 3.8) is 0 Å². The van der Waals surface area contributed by atoms with Crippen molar-refractivity contribution in [2.45, 2.75) is 50.9 Å². The maximum Gasteiger partial charge on any atom is 0.305 e. The first-order valence-corrected chi connectivity index (χ1v) is 8.88. The number of halogens is 1. The van der Waals surface area contributed by atoms with Gasteiger partial charge in [-0.05, 0) is 25.8 Å². The van der Waals surface area contributed by atoms with Gasteiger partial charge in [0.2, 0.25) is 0 Å². The van der Waals surface area contributed by atoms with Gasteiger partial charge in [0.25, 0.3) is 0 Å². The molecule has 0 radical (unpaired) electrons. The molecule has 7 heteroatoms. The van der Waals surface area contributed by atoms with Crippen LogP contribution in [0.5, 0.6) is 0 Å². The van der Waals surface area contributed by atoms with Gasteiger partial charge < -0.3 is 24.7 Å². The van der Waals surface area contributed by atoms with E-state index in [1.54, 1.807) is 14.2 Å². The second-order valence-corrected chi connectivity index (χ2v) is 5.71. The number of nitrogens with two attached hydrogens (primary N) is 1. The first-order valence-electron chi connectivity index (χ1n) is 7.76. The highest BCUT2D eigenvalue weighted by Gasteiger charge is 2.12. The van der Waals surface area contributed by atoms with Crippen molar-refractivity contribution in [2.75, 3.05) is 39.3 Å². The summed E-state index contributed by atoms with van der Waals surface area (Å²) in [5.74, 6) is -0.236. The topological polar surface area (TPSA) is 80.0 Å². The number of rotatable bonds is 15. The Bertz CT molecular complexity index is 264. The van der Waals surface area contributed by atoms with Crippen molar-refractivity contribution in [3.8, 4) is 0 Å². The van der Waals surface area contributed by atoms with Crippen LogP contribution < -0.4 is 5.73 Å². The fraction of sp³-hybridized carbons (Fsp3) is 0.933. The molecule has 0 aliphatic rings. The van der Waals surface area contributed by atoms with Gasteiger partial charge in [-0.25, -0.2) is 0 Å². The number of alkyl halides is 1. The van der Waals surface area contributed by atoms with E-state index in [-0.39, 0.29) is 24.8 Å². The number of ether oxygens (including phenoxy) is 4. The Morgan fingerprint density at radius 3 is 2.41 bits per heavy atom. The molecule has 132 valence electrons. The van der Waals surface area contributed by atoms with Gasteiger partial charge in [0.1, 0.15) is 0 Å². The third-order valence-electron chi connectivity index (χ3n) is 3.20. The molecule has 0 saturated carbocycles. The van der Waals surface area contributed by atoms with Gasteiger partial charge in [0.15, 0.2) is 6.29 Å². The van der Waals surface area contributed by atoms with Gasteiger partial charge in [-0.1, -0.05) is 15.9 Å². The number of hydrogen-bond acceptors (Lipinski definition) is 6. The zero-order valence-electron chi connectivity index (χ0n) is 13.7. The summed E-state index contributed by atoms with van der Waals surface area (Å²) >= 11 is 3.41. The molecule has 0 heterocycles. The summed E-state index contributed by atoms with van der Waals surface area (Å²) < 4.78 is 21.1. The Morgan fingerprint density at radius 2 is 1.82 bits per heavy atom. The minimum Gasteiger partial charge on any atom is -0.466 e. The third-order valence-corrected chi connectivity index (χ3v) is 3.65. The zero-order valence-corrected chi connectivity index (χ0v) is 15.3. The fourth-order valence-electron chi connectivity index (χ4n) is 1.87. The minimum absolute atomic E-state index is 0.107. The number of unbranched alkanes of at least 4 members (excludes halogenated alkanes) is 1. The quantitative estimate of drug-likeness (QED) is 0.202. The van der Waals surface area contributed by atoms with E-state index in [0.29, 0.717) is 32.6 Å². The Kier molecular flexibility index (Phi) is 15.5. The van der Waals surface area contributed by atoms with Crippen molar-refractivity contribution >= 4 is 21.9 Å². The Labute approximate surface area is 142 Å². The third kappa shape index (κ3) is 12.3. The highest BCUT2D eigenvalue weighted by Crippen LogP contribution is 2.09. The maximum atomic E-state index is 11.6. The van der Waals surface area contributed by atoms with Gasteiger partial charge in [-0.3, -0.25) is 4.79 Å². The molecule has 0 aliphatic heterocycles. The smallest absolute Gasteiger partial charge is 0.305 e. The number of carbonyl (C=O) groups is 1. The molecule has 0 spiro atoms. The molecule has 22 heavy (non-hydrogen) atoms. The van der Waals surface area contributed by atoms with Gasteiger partial charge in [-0.15, -0.1) is 0 Å². The maximum absolute atomic E-state index is 11.6. The number of hydrogen-bond donors (Lipinski definition) is 1. The van der Waals surface area contributed by atoms with Crippen molar-refractivity contribution < 1.29 is 23.7 Å². The van der Waals surface area contributed by atoms with Crippen LogP contribution in [0.2, 0.25) is 0 Å². The lowest BCUT2D eigenvalue weighted by atomic mass is 10.2. The first-order chi connectivity index (χ1) is 10.7. The monoisotopic (exact) mass is 383 g/mol. The molecule has 0 fully saturated rings. The molecular formula is C15H30BrNO5. The van der Waals surface area contributed by atoms with Crippen molar-refractivity contribution in [3.05, 3.63) is 0 Å². The predicted molar refractivity (Wildman–Crippen MR) is 89.1 cm³/mol. The van der Waals surface area contributed by atoms with Crippen LogP contribution in [-0.2, 0) is 23.7 Å². The van der Waals surface area contributed by atoms with Gasteiger partial charge in [-0.2, -0.15) is 0 Å². The lowest BCUT2D eigenvalue weighted by Gasteiger charge is -2.17. The molecule has 1 atom stereocenters. The summed E-state index contributed by atoms with van der Waals surface area (Å²) in [7, 11) is 3.10. The summed E-state index contributed by atoms with van der Waals surface area (Å²) in [6.45, 7) is 1.76. The summed E-state index contributed by atoms with van der Waals surface area (Å²) in [6.07, 6.45) is 4.06.